The number of anilines is 1. The molecule has 0 aliphatic rings. The summed E-state index contributed by atoms with van der Waals surface area (Å²) in [6.07, 6.45) is 2.64. The molecule has 0 aliphatic carbocycles. The van der Waals surface area contributed by atoms with Crippen molar-refractivity contribution in [2.24, 2.45) is 5.73 Å². The Hall–Kier alpha value is -1.16. The zero-order valence-electron chi connectivity index (χ0n) is 10.5. The summed E-state index contributed by atoms with van der Waals surface area (Å²) in [6.45, 7) is 9.05. The molecule has 0 saturated heterocycles. The molecule has 0 aliphatic heterocycles. The molecule has 0 atom stereocenters. The van der Waals surface area contributed by atoms with Gasteiger partial charge in [-0.1, -0.05) is 13.8 Å². The first-order valence-corrected chi connectivity index (χ1v) is 5.96. The molecule has 1 aromatic rings. The summed E-state index contributed by atoms with van der Waals surface area (Å²) >= 11 is 0. The summed E-state index contributed by atoms with van der Waals surface area (Å²) in [6, 6.07) is 2.07. The van der Waals surface area contributed by atoms with Gasteiger partial charge in [-0.15, -0.1) is 0 Å². The van der Waals surface area contributed by atoms with Crippen molar-refractivity contribution in [3.05, 3.63) is 18.1 Å². The predicted molar refractivity (Wildman–Crippen MR) is 67.7 cm³/mol. The third-order valence-corrected chi connectivity index (χ3v) is 2.60. The van der Waals surface area contributed by atoms with Crippen LogP contribution in [0.2, 0.25) is 0 Å². The van der Waals surface area contributed by atoms with Gasteiger partial charge >= 0.3 is 0 Å². The number of nitrogens with two attached hydrogens (primary N) is 1. The van der Waals surface area contributed by atoms with Crippen molar-refractivity contribution in [2.45, 2.75) is 33.1 Å². The Labute approximate surface area is 97.9 Å². The van der Waals surface area contributed by atoms with Crippen molar-refractivity contribution in [1.29, 1.82) is 0 Å². The van der Waals surface area contributed by atoms with E-state index >= 15 is 0 Å². The molecule has 0 unspecified atom stereocenters. The van der Waals surface area contributed by atoms with Gasteiger partial charge in [0.15, 0.2) is 0 Å². The van der Waals surface area contributed by atoms with Gasteiger partial charge in [-0.25, -0.2) is 9.97 Å². The molecule has 0 spiro atoms. The number of aromatic nitrogens is 2. The van der Waals surface area contributed by atoms with Gasteiger partial charge in [0.25, 0.3) is 0 Å². The Kier molecular flexibility index (Phi) is 5.19. The first-order chi connectivity index (χ1) is 7.69. The van der Waals surface area contributed by atoms with E-state index in [0.717, 1.165) is 37.6 Å². The summed E-state index contributed by atoms with van der Waals surface area (Å²) in [4.78, 5) is 10.8. The summed E-state index contributed by atoms with van der Waals surface area (Å²) in [5.41, 5.74) is 6.62. The highest BCUT2D eigenvalue weighted by molar-refractivity contribution is 5.39. The Bertz CT molecular complexity index is 312. The van der Waals surface area contributed by atoms with Crippen molar-refractivity contribution < 1.29 is 0 Å². The van der Waals surface area contributed by atoms with Crippen LogP contribution in [0.4, 0.5) is 5.82 Å². The summed E-state index contributed by atoms with van der Waals surface area (Å²) in [5.74, 6) is 1.45. The fourth-order valence-electron chi connectivity index (χ4n) is 1.57. The van der Waals surface area contributed by atoms with Gasteiger partial charge in [-0.05, 0) is 25.8 Å². The molecule has 0 aromatic carbocycles. The van der Waals surface area contributed by atoms with Crippen molar-refractivity contribution in [2.75, 3.05) is 24.5 Å². The highest BCUT2D eigenvalue weighted by Crippen LogP contribution is 2.16. The Morgan fingerprint density at radius 1 is 1.38 bits per heavy atom. The van der Waals surface area contributed by atoms with E-state index < -0.39 is 0 Å². The highest BCUT2D eigenvalue weighted by atomic mass is 15.2. The van der Waals surface area contributed by atoms with E-state index in [-0.39, 0.29) is 0 Å². The van der Waals surface area contributed by atoms with Gasteiger partial charge in [0.1, 0.15) is 12.1 Å². The lowest BCUT2D eigenvalue weighted by Crippen LogP contribution is -2.26. The van der Waals surface area contributed by atoms with Crippen LogP contribution >= 0.6 is 0 Å². The second kappa shape index (κ2) is 6.43. The van der Waals surface area contributed by atoms with E-state index in [1.54, 1.807) is 6.33 Å². The fourth-order valence-corrected chi connectivity index (χ4v) is 1.57. The standard InChI is InChI=1S/C12H22N4/c1-4-16(7-5-6-13)12-8-11(10(2)3)14-9-15-12/h8-10H,4-7,13H2,1-3H3. The number of hydrogen-bond acceptors (Lipinski definition) is 4. The van der Waals surface area contributed by atoms with Crippen molar-refractivity contribution >= 4 is 5.82 Å². The second-order valence-electron chi connectivity index (χ2n) is 4.18. The Balaban J connectivity index is 2.79. The first-order valence-electron chi connectivity index (χ1n) is 5.96. The normalized spacial score (nSPS) is 10.8. The van der Waals surface area contributed by atoms with E-state index in [4.69, 9.17) is 5.73 Å². The van der Waals surface area contributed by atoms with E-state index in [0.29, 0.717) is 5.92 Å². The average molecular weight is 222 g/mol. The third-order valence-electron chi connectivity index (χ3n) is 2.60. The zero-order valence-corrected chi connectivity index (χ0v) is 10.5. The average Bonchev–Trinajstić information content (AvgIpc) is 2.30. The number of rotatable bonds is 6. The van der Waals surface area contributed by atoms with Crippen LogP contribution in [0.3, 0.4) is 0 Å². The Morgan fingerprint density at radius 3 is 2.69 bits per heavy atom. The smallest absolute Gasteiger partial charge is 0.132 e. The SMILES string of the molecule is CCN(CCCN)c1cc(C(C)C)ncn1. The lowest BCUT2D eigenvalue weighted by atomic mass is 10.1. The summed E-state index contributed by atoms with van der Waals surface area (Å²) in [5, 5.41) is 0. The lowest BCUT2D eigenvalue weighted by molar-refractivity contribution is 0.736. The van der Waals surface area contributed by atoms with Gasteiger partial charge in [0.05, 0.1) is 0 Å². The minimum absolute atomic E-state index is 0.440. The maximum Gasteiger partial charge on any atom is 0.132 e. The van der Waals surface area contributed by atoms with E-state index in [1.165, 1.54) is 0 Å². The van der Waals surface area contributed by atoms with Gasteiger partial charge < -0.3 is 10.6 Å². The monoisotopic (exact) mass is 222 g/mol. The molecule has 0 amide bonds. The molecule has 1 rings (SSSR count). The van der Waals surface area contributed by atoms with Crippen LogP contribution in [0.5, 0.6) is 0 Å². The molecule has 90 valence electrons. The molecule has 1 aromatic heterocycles. The van der Waals surface area contributed by atoms with Crippen molar-refractivity contribution in [1.82, 2.24) is 9.97 Å². The molecule has 1 heterocycles. The largest absolute Gasteiger partial charge is 0.357 e. The Morgan fingerprint density at radius 2 is 2.12 bits per heavy atom. The molecule has 4 nitrogen and oxygen atoms in total. The molecule has 2 N–H and O–H groups in total. The van der Waals surface area contributed by atoms with Crippen LogP contribution in [0, 0.1) is 0 Å². The van der Waals surface area contributed by atoms with Crippen molar-refractivity contribution in [3.8, 4) is 0 Å². The maximum absolute atomic E-state index is 5.53. The minimum Gasteiger partial charge on any atom is -0.357 e. The fraction of sp³-hybridized carbons (Fsp3) is 0.667. The van der Waals surface area contributed by atoms with Crippen LogP contribution < -0.4 is 10.6 Å². The van der Waals surface area contributed by atoms with Crippen molar-refractivity contribution in [3.63, 3.8) is 0 Å². The van der Waals surface area contributed by atoms with Gasteiger partial charge in [0.2, 0.25) is 0 Å². The van der Waals surface area contributed by atoms with Gasteiger partial charge in [0, 0.05) is 24.8 Å². The molecule has 0 fully saturated rings. The minimum atomic E-state index is 0.440. The maximum atomic E-state index is 5.53. The number of hydrogen-bond donors (Lipinski definition) is 1. The van der Waals surface area contributed by atoms with Gasteiger partial charge in [-0.3, -0.25) is 0 Å². The lowest BCUT2D eigenvalue weighted by Gasteiger charge is -2.22. The highest BCUT2D eigenvalue weighted by Gasteiger charge is 2.08. The molecule has 16 heavy (non-hydrogen) atoms. The number of nitrogens with zero attached hydrogens (tertiary/aromatic N) is 3. The molecule has 0 radical (unpaired) electrons. The van der Waals surface area contributed by atoms with E-state index in [2.05, 4.69) is 41.7 Å². The van der Waals surface area contributed by atoms with Crippen LogP contribution in [0.25, 0.3) is 0 Å². The second-order valence-corrected chi connectivity index (χ2v) is 4.18. The van der Waals surface area contributed by atoms with Crippen LogP contribution in [0.1, 0.15) is 38.8 Å². The van der Waals surface area contributed by atoms with E-state index in [1.807, 2.05) is 0 Å². The van der Waals surface area contributed by atoms with Crippen LogP contribution in [-0.4, -0.2) is 29.6 Å². The molecule has 4 heteroatoms. The van der Waals surface area contributed by atoms with Crippen LogP contribution in [0.15, 0.2) is 12.4 Å². The topological polar surface area (TPSA) is 55.0 Å². The van der Waals surface area contributed by atoms with E-state index in [9.17, 15) is 0 Å². The molecular weight excluding hydrogens is 200 g/mol. The summed E-state index contributed by atoms with van der Waals surface area (Å²) < 4.78 is 0. The predicted octanol–water partition coefficient (Wildman–Crippen LogP) is 1.78. The van der Waals surface area contributed by atoms with Crippen LogP contribution in [-0.2, 0) is 0 Å². The van der Waals surface area contributed by atoms with Gasteiger partial charge in [-0.2, -0.15) is 0 Å². The molecule has 0 bridgehead atoms. The first kappa shape index (κ1) is 12.9. The molecule has 0 saturated carbocycles. The quantitative estimate of drug-likeness (QED) is 0.797. The molecular formula is C12H22N4. The third kappa shape index (κ3) is 3.45. The zero-order chi connectivity index (χ0) is 12.0. The summed E-state index contributed by atoms with van der Waals surface area (Å²) in [7, 11) is 0.